The third kappa shape index (κ3) is 3.69. The predicted octanol–water partition coefficient (Wildman–Crippen LogP) is 3.11. The average molecular weight is 261 g/mol. The summed E-state index contributed by atoms with van der Waals surface area (Å²) < 4.78 is 0. The van der Waals surface area contributed by atoms with Crippen molar-refractivity contribution in [3.05, 3.63) is 23.4 Å². The van der Waals surface area contributed by atoms with Crippen LogP contribution in [0.15, 0.2) is 12.1 Å². The van der Waals surface area contributed by atoms with Gasteiger partial charge in [0.25, 0.3) is 0 Å². The molecule has 0 spiro atoms. The van der Waals surface area contributed by atoms with E-state index in [1.165, 1.54) is 24.8 Å². The minimum Gasteiger partial charge on any atom is -0.357 e. The van der Waals surface area contributed by atoms with Gasteiger partial charge in [-0.1, -0.05) is 13.8 Å². The molecule has 2 rings (SSSR count). The first-order chi connectivity index (χ1) is 9.10. The molecular formula is C16H27N3. The lowest BCUT2D eigenvalue weighted by Gasteiger charge is -2.23. The third-order valence-corrected chi connectivity index (χ3v) is 4.27. The fourth-order valence-corrected chi connectivity index (χ4v) is 3.02. The number of hydrogen-bond donors (Lipinski definition) is 1. The van der Waals surface area contributed by atoms with Crippen molar-refractivity contribution in [3.8, 4) is 0 Å². The topological polar surface area (TPSA) is 42.1 Å². The molecule has 1 aromatic rings. The molecule has 0 radical (unpaired) electrons. The number of pyridine rings is 1. The van der Waals surface area contributed by atoms with Gasteiger partial charge in [-0.3, -0.25) is 0 Å². The fraction of sp³-hybridized carbons (Fsp3) is 0.688. The highest BCUT2D eigenvalue weighted by molar-refractivity contribution is 5.42. The van der Waals surface area contributed by atoms with Crippen molar-refractivity contribution in [2.75, 3.05) is 18.0 Å². The van der Waals surface area contributed by atoms with Crippen LogP contribution in [-0.2, 0) is 6.54 Å². The number of hydrogen-bond acceptors (Lipinski definition) is 3. The Morgan fingerprint density at radius 1 is 1.32 bits per heavy atom. The maximum Gasteiger partial charge on any atom is 0.129 e. The van der Waals surface area contributed by atoms with Crippen LogP contribution in [0, 0.1) is 18.8 Å². The van der Waals surface area contributed by atoms with E-state index in [1.54, 1.807) is 0 Å². The van der Waals surface area contributed by atoms with Gasteiger partial charge in [0.05, 0.1) is 0 Å². The van der Waals surface area contributed by atoms with E-state index in [4.69, 9.17) is 5.73 Å². The molecule has 0 amide bonds. The average Bonchev–Trinajstić information content (AvgIpc) is 2.63. The van der Waals surface area contributed by atoms with E-state index in [2.05, 4.69) is 42.8 Å². The van der Waals surface area contributed by atoms with Gasteiger partial charge in [0, 0.05) is 25.3 Å². The number of nitrogens with two attached hydrogens (primary N) is 1. The van der Waals surface area contributed by atoms with Gasteiger partial charge in [0.2, 0.25) is 0 Å². The molecular weight excluding hydrogens is 234 g/mol. The Morgan fingerprint density at radius 2 is 2.11 bits per heavy atom. The van der Waals surface area contributed by atoms with Crippen LogP contribution in [0.4, 0.5) is 5.82 Å². The highest BCUT2D eigenvalue weighted by atomic mass is 15.2. The van der Waals surface area contributed by atoms with Crippen molar-refractivity contribution in [2.24, 2.45) is 17.6 Å². The molecule has 1 aliphatic rings. The van der Waals surface area contributed by atoms with Gasteiger partial charge in [-0.05, 0) is 55.7 Å². The first-order valence-electron chi connectivity index (χ1n) is 7.52. The largest absolute Gasteiger partial charge is 0.357 e. The summed E-state index contributed by atoms with van der Waals surface area (Å²) >= 11 is 0. The number of anilines is 1. The van der Waals surface area contributed by atoms with Gasteiger partial charge in [0.15, 0.2) is 0 Å². The third-order valence-electron chi connectivity index (χ3n) is 4.27. The zero-order valence-electron chi connectivity index (χ0n) is 12.5. The van der Waals surface area contributed by atoms with E-state index >= 15 is 0 Å². The Labute approximate surface area is 117 Å². The van der Waals surface area contributed by atoms with E-state index in [9.17, 15) is 0 Å². The highest BCUT2D eigenvalue weighted by Gasteiger charge is 2.20. The summed E-state index contributed by atoms with van der Waals surface area (Å²) in [5.41, 5.74) is 8.02. The molecule has 1 saturated heterocycles. The molecule has 0 aliphatic carbocycles. The summed E-state index contributed by atoms with van der Waals surface area (Å²) in [6.07, 6.45) is 3.91. The second-order valence-corrected chi connectivity index (χ2v) is 6.10. The lowest BCUT2D eigenvalue weighted by molar-refractivity contribution is 0.351. The summed E-state index contributed by atoms with van der Waals surface area (Å²) in [5.74, 6) is 2.78. The lowest BCUT2D eigenvalue weighted by atomic mass is 9.89. The van der Waals surface area contributed by atoms with Crippen molar-refractivity contribution in [1.29, 1.82) is 0 Å². The van der Waals surface area contributed by atoms with E-state index in [0.29, 0.717) is 6.54 Å². The summed E-state index contributed by atoms with van der Waals surface area (Å²) in [4.78, 5) is 7.13. The number of rotatable bonds is 3. The van der Waals surface area contributed by atoms with Gasteiger partial charge < -0.3 is 10.6 Å². The summed E-state index contributed by atoms with van der Waals surface area (Å²) in [6, 6.07) is 4.24. The molecule has 1 unspecified atom stereocenters. The Hall–Kier alpha value is -1.09. The zero-order chi connectivity index (χ0) is 13.8. The van der Waals surface area contributed by atoms with Gasteiger partial charge in [-0.2, -0.15) is 0 Å². The summed E-state index contributed by atoms with van der Waals surface area (Å²) in [7, 11) is 0. The molecule has 0 saturated carbocycles. The normalized spacial score (nSPS) is 20.7. The number of aromatic nitrogens is 1. The lowest BCUT2D eigenvalue weighted by Crippen LogP contribution is -2.26. The van der Waals surface area contributed by atoms with Crippen molar-refractivity contribution in [3.63, 3.8) is 0 Å². The first-order valence-corrected chi connectivity index (χ1v) is 7.52. The quantitative estimate of drug-likeness (QED) is 0.909. The van der Waals surface area contributed by atoms with E-state index < -0.39 is 0 Å². The molecule has 2 heterocycles. The van der Waals surface area contributed by atoms with Crippen molar-refractivity contribution in [2.45, 2.75) is 46.6 Å². The van der Waals surface area contributed by atoms with Crippen LogP contribution in [-0.4, -0.2) is 18.1 Å². The zero-order valence-corrected chi connectivity index (χ0v) is 12.5. The smallest absolute Gasteiger partial charge is 0.129 e. The highest BCUT2D eigenvalue weighted by Crippen LogP contribution is 2.27. The minimum absolute atomic E-state index is 0.596. The fourth-order valence-electron chi connectivity index (χ4n) is 3.02. The van der Waals surface area contributed by atoms with Gasteiger partial charge in [-0.25, -0.2) is 4.98 Å². The Bertz CT molecular complexity index is 414. The molecule has 3 nitrogen and oxygen atoms in total. The SMILES string of the molecule is Cc1cc(CN)cc(N2CCCC(C(C)C)CC2)n1. The van der Waals surface area contributed by atoms with Crippen molar-refractivity contribution in [1.82, 2.24) is 4.98 Å². The van der Waals surface area contributed by atoms with Crippen molar-refractivity contribution < 1.29 is 0 Å². The Morgan fingerprint density at radius 3 is 2.79 bits per heavy atom. The summed E-state index contributed by atoms with van der Waals surface area (Å²) in [6.45, 7) is 9.60. The standard InChI is InChI=1S/C16H27N3/c1-12(2)15-5-4-7-19(8-6-15)16-10-14(11-17)9-13(3)18-16/h9-10,12,15H,4-8,11,17H2,1-3H3. The van der Waals surface area contributed by atoms with Crippen LogP contribution >= 0.6 is 0 Å². The molecule has 106 valence electrons. The maximum absolute atomic E-state index is 5.76. The van der Waals surface area contributed by atoms with Gasteiger partial charge in [0.1, 0.15) is 5.82 Å². The van der Waals surface area contributed by atoms with Crippen LogP contribution in [0.2, 0.25) is 0 Å². The maximum atomic E-state index is 5.76. The van der Waals surface area contributed by atoms with Crippen LogP contribution < -0.4 is 10.6 Å². The van der Waals surface area contributed by atoms with Crippen LogP contribution in [0.5, 0.6) is 0 Å². The molecule has 0 bridgehead atoms. The first kappa shape index (κ1) is 14.3. The molecule has 1 atom stereocenters. The van der Waals surface area contributed by atoms with Crippen LogP contribution in [0.25, 0.3) is 0 Å². The van der Waals surface area contributed by atoms with Crippen LogP contribution in [0.1, 0.15) is 44.4 Å². The Kier molecular flexibility index (Phi) is 4.81. The summed E-state index contributed by atoms with van der Waals surface area (Å²) in [5, 5.41) is 0. The molecule has 0 aromatic carbocycles. The van der Waals surface area contributed by atoms with E-state index in [0.717, 1.165) is 36.4 Å². The monoisotopic (exact) mass is 261 g/mol. The molecule has 3 heteroatoms. The molecule has 1 aliphatic heterocycles. The molecule has 2 N–H and O–H groups in total. The Balaban J connectivity index is 2.11. The number of aryl methyl sites for hydroxylation is 1. The second-order valence-electron chi connectivity index (χ2n) is 6.10. The molecule has 1 fully saturated rings. The van der Waals surface area contributed by atoms with Gasteiger partial charge in [-0.15, -0.1) is 0 Å². The van der Waals surface area contributed by atoms with Crippen molar-refractivity contribution >= 4 is 5.82 Å². The number of nitrogens with zero attached hydrogens (tertiary/aromatic N) is 2. The predicted molar refractivity (Wildman–Crippen MR) is 81.3 cm³/mol. The molecule has 19 heavy (non-hydrogen) atoms. The minimum atomic E-state index is 0.596. The van der Waals surface area contributed by atoms with E-state index in [1.807, 2.05) is 0 Å². The van der Waals surface area contributed by atoms with Crippen LogP contribution in [0.3, 0.4) is 0 Å². The van der Waals surface area contributed by atoms with Gasteiger partial charge >= 0.3 is 0 Å². The molecule has 1 aromatic heterocycles. The van der Waals surface area contributed by atoms with E-state index in [-0.39, 0.29) is 0 Å². The second kappa shape index (κ2) is 6.38.